The molecule has 8 nitrogen and oxygen atoms in total. The Balaban J connectivity index is 1.98. The van der Waals surface area contributed by atoms with E-state index in [-0.39, 0.29) is 12.6 Å². The molecule has 3 rings (SSSR count). The second-order valence-corrected chi connectivity index (χ2v) is 4.20. The maximum absolute atomic E-state index is 9.71. The molecule has 0 spiro atoms. The number of aliphatic hydroxyl groups is 2. The summed E-state index contributed by atoms with van der Waals surface area (Å²) in [4.78, 5) is 12.1. The standard InChI is InChI=1S/C10H13N5O3/c11-10-12-2-5-9(14-10)15(4-13-5)8-1-6(17)7(3-16)18-8/h2,4,6-8,16-17H,1,3H2,(H2,11,12,14)/t6-,7-,8-/m1/s1. The first-order valence-corrected chi connectivity index (χ1v) is 5.58. The summed E-state index contributed by atoms with van der Waals surface area (Å²) in [6.07, 6.45) is 1.79. The van der Waals surface area contributed by atoms with Crippen molar-refractivity contribution in [3.63, 3.8) is 0 Å². The van der Waals surface area contributed by atoms with E-state index in [9.17, 15) is 5.11 Å². The highest BCUT2D eigenvalue weighted by atomic mass is 16.5. The minimum atomic E-state index is -0.698. The number of ether oxygens (including phenoxy) is 1. The predicted octanol–water partition coefficient (Wildman–Crippen LogP) is -0.951. The maximum Gasteiger partial charge on any atom is 0.222 e. The number of imidazole rings is 1. The molecule has 18 heavy (non-hydrogen) atoms. The number of rotatable bonds is 2. The van der Waals surface area contributed by atoms with E-state index in [0.717, 1.165) is 0 Å². The molecule has 0 saturated carbocycles. The van der Waals surface area contributed by atoms with Crippen molar-refractivity contribution in [2.45, 2.75) is 24.9 Å². The fourth-order valence-electron chi connectivity index (χ4n) is 2.10. The fourth-order valence-corrected chi connectivity index (χ4v) is 2.10. The van der Waals surface area contributed by atoms with Crippen molar-refractivity contribution < 1.29 is 14.9 Å². The van der Waals surface area contributed by atoms with E-state index in [1.165, 1.54) is 6.20 Å². The molecular weight excluding hydrogens is 238 g/mol. The Bertz CT molecular complexity index is 572. The lowest BCUT2D eigenvalue weighted by Crippen LogP contribution is -2.24. The van der Waals surface area contributed by atoms with Crippen molar-refractivity contribution in [2.24, 2.45) is 0 Å². The van der Waals surface area contributed by atoms with Gasteiger partial charge < -0.3 is 20.7 Å². The average Bonchev–Trinajstić information content (AvgIpc) is 2.91. The van der Waals surface area contributed by atoms with Gasteiger partial charge in [0.2, 0.25) is 5.95 Å². The second-order valence-electron chi connectivity index (χ2n) is 4.20. The van der Waals surface area contributed by atoms with Crippen LogP contribution in [0, 0.1) is 0 Å². The molecule has 1 saturated heterocycles. The monoisotopic (exact) mass is 251 g/mol. The molecule has 0 aliphatic carbocycles. The first-order chi connectivity index (χ1) is 8.69. The van der Waals surface area contributed by atoms with Crippen molar-refractivity contribution in [2.75, 3.05) is 12.3 Å². The van der Waals surface area contributed by atoms with Gasteiger partial charge in [-0.15, -0.1) is 0 Å². The summed E-state index contributed by atoms with van der Waals surface area (Å²) in [6.45, 7) is -0.221. The third-order valence-electron chi connectivity index (χ3n) is 3.03. The zero-order valence-electron chi connectivity index (χ0n) is 9.47. The highest BCUT2D eigenvalue weighted by Crippen LogP contribution is 2.30. The zero-order valence-corrected chi connectivity index (χ0v) is 9.47. The number of hydrogen-bond acceptors (Lipinski definition) is 7. The minimum absolute atomic E-state index is 0.154. The predicted molar refractivity (Wildman–Crippen MR) is 61.4 cm³/mol. The summed E-state index contributed by atoms with van der Waals surface area (Å²) in [7, 11) is 0. The van der Waals surface area contributed by atoms with E-state index in [4.69, 9.17) is 15.6 Å². The van der Waals surface area contributed by atoms with Crippen molar-refractivity contribution >= 4 is 17.1 Å². The zero-order chi connectivity index (χ0) is 12.7. The molecule has 0 unspecified atom stereocenters. The van der Waals surface area contributed by atoms with E-state index < -0.39 is 18.4 Å². The van der Waals surface area contributed by atoms with E-state index >= 15 is 0 Å². The second kappa shape index (κ2) is 4.16. The molecule has 1 aliphatic heterocycles. The quantitative estimate of drug-likeness (QED) is 0.629. The van der Waals surface area contributed by atoms with Gasteiger partial charge in [0.1, 0.15) is 17.8 Å². The molecule has 3 heterocycles. The molecule has 1 aliphatic rings. The molecule has 0 amide bonds. The highest BCUT2D eigenvalue weighted by Gasteiger charge is 2.35. The maximum atomic E-state index is 9.71. The molecule has 2 aromatic rings. The molecule has 2 aromatic heterocycles. The Morgan fingerprint density at radius 2 is 2.33 bits per heavy atom. The van der Waals surface area contributed by atoms with Crippen LogP contribution in [0.15, 0.2) is 12.5 Å². The number of aromatic nitrogens is 4. The van der Waals surface area contributed by atoms with Gasteiger partial charge in [0, 0.05) is 6.42 Å². The van der Waals surface area contributed by atoms with Crippen LogP contribution < -0.4 is 5.73 Å². The van der Waals surface area contributed by atoms with Gasteiger partial charge in [0.25, 0.3) is 0 Å². The number of hydrogen-bond donors (Lipinski definition) is 3. The van der Waals surface area contributed by atoms with E-state index in [0.29, 0.717) is 17.6 Å². The lowest BCUT2D eigenvalue weighted by atomic mass is 10.2. The van der Waals surface area contributed by atoms with Gasteiger partial charge >= 0.3 is 0 Å². The highest BCUT2D eigenvalue weighted by molar-refractivity contribution is 5.70. The van der Waals surface area contributed by atoms with Crippen LogP contribution in [-0.4, -0.2) is 48.5 Å². The first kappa shape index (κ1) is 11.3. The lowest BCUT2D eigenvalue weighted by Gasteiger charge is -2.13. The molecule has 1 fully saturated rings. The van der Waals surface area contributed by atoms with Crippen LogP contribution in [0.4, 0.5) is 5.95 Å². The third kappa shape index (κ3) is 1.70. The SMILES string of the molecule is Nc1ncc2ncn([C@H]3C[C@@H](O)[C@@H](CO)O3)c2n1. The number of anilines is 1. The van der Waals surface area contributed by atoms with Crippen LogP contribution in [0.25, 0.3) is 11.2 Å². The van der Waals surface area contributed by atoms with Gasteiger partial charge in [-0.2, -0.15) is 4.98 Å². The third-order valence-corrected chi connectivity index (χ3v) is 3.03. The van der Waals surface area contributed by atoms with Crippen molar-refractivity contribution in [1.82, 2.24) is 19.5 Å². The van der Waals surface area contributed by atoms with Crippen molar-refractivity contribution in [3.8, 4) is 0 Å². The molecule has 0 aromatic carbocycles. The van der Waals surface area contributed by atoms with Gasteiger partial charge in [0.05, 0.1) is 25.2 Å². The normalized spacial score (nSPS) is 28.0. The Labute approximate surface area is 102 Å². The van der Waals surface area contributed by atoms with Gasteiger partial charge in [0.15, 0.2) is 5.65 Å². The summed E-state index contributed by atoms with van der Waals surface area (Å²) in [5, 5.41) is 18.8. The molecule has 96 valence electrons. The average molecular weight is 251 g/mol. The van der Waals surface area contributed by atoms with Crippen LogP contribution in [-0.2, 0) is 4.74 Å². The lowest BCUT2D eigenvalue weighted by molar-refractivity contribution is -0.0432. The Kier molecular flexibility index (Phi) is 2.62. The summed E-state index contributed by atoms with van der Waals surface area (Å²) < 4.78 is 7.22. The number of aliphatic hydroxyl groups excluding tert-OH is 2. The molecule has 8 heteroatoms. The molecular formula is C10H13N5O3. The van der Waals surface area contributed by atoms with Crippen molar-refractivity contribution in [1.29, 1.82) is 0 Å². The molecule has 3 atom stereocenters. The van der Waals surface area contributed by atoms with Crippen LogP contribution in [0.2, 0.25) is 0 Å². The van der Waals surface area contributed by atoms with Crippen molar-refractivity contribution in [3.05, 3.63) is 12.5 Å². The minimum Gasteiger partial charge on any atom is -0.394 e. The van der Waals surface area contributed by atoms with Gasteiger partial charge in [-0.05, 0) is 0 Å². The Morgan fingerprint density at radius 3 is 3.06 bits per heavy atom. The van der Waals surface area contributed by atoms with Crippen LogP contribution in [0.5, 0.6) is 0 Å². The summed E-state index contributed by atoms with van der Waals surface area (Å²) in [5.41, 5.74) is 6.70. The van der Waals surface area contributed by atoms with Gasteiger partial charge in [-0.1, -0.05) is 0 Å². The molecule has 0 bridgehead atoms. The number of nitrogens with zero attached hydrogens (tertiary/aromatic N) is 4. The summed E-state index contributed by atoms with van der Waals surface area (Å²) in [6, 6.07) is 0. The van der Waals surface area contributed by atoms with E-state index in [1.54, 1.807) is 10.9 Å². The molecule has 4 N–H and O–H groups in total. The van der Waals surface area contributed by atoms with Crippen LogP contribution >= 0.6 is 0 Å². The summed E-state index contributed by atoms with van der Waals surface area (Å²) >= 11 is 0. The van der Waals surface area contributed by atoms with E-state index in [2.05, 4.69) is 15.0 Å². The Morgan fingerprint density at radius 1 is 1.50 bits per heavy atom. The fraction of sp³-hybridized carbons (Fsp3) is 0.500. The van der Waals surface area contributed by atoms with Crippen LogP contribution in [0.1, 0.15) is 12.6 Å². The topological polar surface area (TPSA) is 119 Å². The largest absolute Gasteiger partial charge is 0.394 e. The summed E-state index contributed by atoms with van der Waals surface area (Å²) in [5.74, 6) is 0.154. The Hall–Kier alpha value is -1.77. The van der Waals surface area contributed by atoms with Crippen LogP contribution in [0.3, 0.4) is 0 Å². The number of fused-ring (bicyclic) bond motifs is 1. The van der Waals surface area contributed by atoms with Gasteiger partial charge in [-0.25, -0.2) is 9.97 Å². The molecule has 0 radical (unpaired) electrons. The number of nitrogens with two attached hydrogens (primary N) is 1. The van der Waals surface area contributed by atoms with E-state index in [1.807, 2.05) is 0 Å². The van der Waals surface area contributed by atoms with Gasteiger partial charge in [-0.3, -0.25) is 4.57 Å². The first-order valence-electron chi connectivity index (χ1n) is 5.58. The smallest absolute Gasteiger partial charge is 0.222 e. The number of nitrogen functional groups attached to an aromatic ring is 1.